The van der Waals surface area contributed by atoms with Crippen LogP contribution in [0.5, 0.6) is 0 Å². The molecule has 0 N–H and O–H groups in total. The zero-order valence-electron chi connectivity index (χ0n) is 9.30. The Balaban J connectivity index is 1.91. The Hall–Kier alpha value is -1.35. The zero-order chi connectivity index (χ0) is 11.1. The predicted octanol–water partition coefficient (Wildman–Crippen LogP) is 1.95. The Morgan fingerprint density at radius 2 is 2.06 bits per heavy atom. The lowest BCUT2D eigenvalue weighted by atomic mass is 10.1. The quantitative estimate of drug-likeness (QED) is 0.719. The Kier molecular flexibility index (Phi) is 2.21. The van der Waals surface area contributed by atoms with Crippen LogP contribution in [0.1, 0.15) is 25.1 Å². The average molecular weight is 217 g/mol. The summed E-state index contributed by atoms with van der Waals surface area (Å²) >= 11 is 0. The van der Waals surface area contributed by atoms with Crippen molar-refractivity contribution in [1.82, 2.24) is 4.90 Å². The Labute approximate surface area is 95.0 Å². The average Bonchev–Trinajstić information content (AvgIpc) is 2.83. The van der Waals surface area contributed by atoms with Crippen molar-refractivity contribution in [2.75, 3.05) is 6.61 Å². The first-order chi connectivity index (χ1) is 7.77. The summed E-state index contributed by atoms with van der Waals surface area (Å²) in [6.45, 7) is 2.68. The summed E-state index contributed by atoms with van der Waals surface area (Å²) in [5.41, 5.74) is 1.08. The van der Waals surface area contributed by atoms with E-state index in [1.807, 2.05) is 42.2 Å². The van der Waals surface area contributed by atoms with Gasteiger partial charge in [0.15, 0.2) is 6.23 Å². The minimum absolute atomic E-state index is 0.153. The molecule has 1 amide bonds. The van der Waals surface area contributed by atoms with Crippen molar-refractivity contribution in [3.05, 3.63) is 35.9 Å². The van der Waals surface area contributed by atoms with E-state index in [0.29, 0.717) is 6.61 Å². The maximum absolute atomic E-state index is 12.0. The molecule has 3 nitrogen and oxygen atoms in total. The Morgan fingerprint density at radius 3 is 2.81 bits per heavy atom. The molecule has 0 spiro atoms. The summed E-state index contributed by atoms with van der Waals surface area (Å²) in [5, 5.41) is 0. The fraction of sp³-hybridized carbons (Fsp3) is 0.462. The van der Waals surface area contributed by atoms with E-state index < -0.39 is 0 Å². The number of ether oxygens (including phenoxy) is 1. The van der Waals surface area contributed by atoms with Crippen molar-refractivity contribution in [1.29, 1.82) is 0 Å². The number of nitrogens with zero attached hydrogens (tertiary/aromatic N) is 1. The monoisotopic (exact) mass is 217 g/mol. The second-order valence-corrected chi connectivity index (χ2v) is 4.63. The van der Waals surface area contributed by atoms with Crippen molar-refractivity contribution < 1.29 is 9.53 Å². The van der Waals surface area contributed by atoms with Gasteiger partial charge in [-0.1, -0.05) is 37.3 Å². The van der Waals surface area contributed by atoms with Crippen LogP contribution >= 0.6 is 0 Å². The molecule has 1 aromatic rings. The van der Waals surface area contributed by atoms with E-state index in [1.54, 1.807) is 0 Å². The second kappa shape index (κ2) is 3.59. The largest absolute Gasteiger partial charge is 0.352 e. The van der Waals surface area contributed by atoms with Gasteiger partial charge in [-0.25, -0.2) is 0 Å². The second-order valence-electron chi connectivity index (χ2n) is 4.63. The molecule has 84 valence electrons. The van der Waals surface area contributed by atoms with E-state index in [4.69, 9.17) is 4.74 Å². The Bertz CT molecular complexity index is 404. The summed E-state index contributed by atoms with van der Waals surface area (Å²) in [6.07, 6.45) is 0.769. The van der Waals surface area contributed by atoms with E-state index in [2.05, 4.69) is 0 Å². The van der Waals surface area contributed by atoms with Gasteiger partial charge in [0.05, 0.1) is 12.6 Å². The van der Waals surface area contributed by atoms with Gasteiger partial charge in [-0.2, -0.15) is 0 Å². The maximum atomic E-state index is 12.0. The van der Waals surface area contributed by atoms with Crippen molar-refractivity contribution >= 4 is 5.91 Å². The molecule has 0 saturated carbocycles. The number of hydrogen-bond donors (Lipinski definition) is 0. The molecule has 0 radical (unpaired) electrons. The molecule has 2 saturated heterocycles. The van der Waals surface area contributed by atoms with Crippen LogP contribution in [0.2, 0.25) is 0 Å². The highest BCUT2D eigenvalue weighted by Gasteiger charge is 2.46. The van der Waals surface area contributed by atoms with Crippen molar-refractivity contribution in [3.63, 3.8) is 0 Å². The predicted molar refractivity (Wildman–Crippen MR) is 59.6 cm³/mol. The Morgan fingerprint density at radius 1 is 1.31 bits per heavy atom. The van der Waals surface area contributed by atoms with Crippen LogP contribution in [0.25, 0.3) is 0 Å². The number of carbonyl (C=O) groups excluding carboxylic acids is 1. The van der Waals surface area contributed by atoms with Gasteiger partial charge in [0.2, 0.25) is 5.91 Å². The van der Waals surface area contributed by atoms with Crippen LogP contribution in [-0.2, 0) is 9.53 Å². The standard InChI is InChI=1S/C13H15NO2/c1-9-7-11-8-16-13(14(11)12(9)15)10-5-3-2-4-6-10/h2-6,9,11,13H,7-8H2,1H3/t9-,11-,13?/m1/s1. The molecule has 2 aliphatic rings. The number of carbonyl (C=O) groups is 1. The molecule has 0 bridgehead atoms. The lowest BCUT2D eigenvalue weighted by Gasteiger charge is -2.22. The van der Waals surface area contributed by atoms with Crippen LogP contribution in [0.3, 0.4) is 0 Å². The van der Waals surface area contributed by atoms with Crippen molar-refractivity contribution in [3.8, 4) is 0 Å². The number of amides is 1. The summed E-state index contributed by atoms with van der Waals surface area (Å²) in [4.78, 5) is 13.9. The first kappa shape index (κ1) is 9.85. The first-order valence-electron chi connectivity index (χ1n) is 5.76. The number of hydrogen-bond acceptors (Lipinski definition) is 2. The fourth-order valence-electron chi connectivity index (χ4n) is 2.67. The van der Waals surface area contributed by atoms with Gasteiger partial charge in [-0.3, -0.25) is 4.79 Å². The number of benzene rings is 1. The first-order valence-corrected chi connectivity index (χ1v) is 5.76. The van der Waals surface area contributed by atoms with Crippen molar-refractivity contribution in [2.45, 2.75) is 25.6 Å². The summed E-state index contributed by atoms with van der Waals surface area (Å²) in [6, 6.07) is 10.3. The summed E-state index contributed by atoms with van der Waals surface area (Å²) in [5.74, 6) is 0.386. The maximum Gasteiger partial charge on any atom is 0.228 e. The number of rotatable bonds is 1. The third-order valence-corrected chi connectivity index (χ3v) is 3.48. The van der Waals surface area contributed by atoms with Crippen LogP contribution in [0.4, 0.5) is 0 Å². The molecular formula is C13H15NO2. The molecule has 3 rings (SSSR count). The molecule has 2 heterocycles. The summed E-state index contributed by atoms with van der Waals surface area (Å²) < 4.78 is 5.73. The normalized spacial score (nSPS) is 33.2. The lowest BCUT2D eigenvalue weighted by molar-refractivity contribution is -0.136. The van der Waals surface area contributed by atoms with Gasteiger partial charge in [-0.05, 0) is 6.42 Å². The van der Waals surface area contributed by atoms with E-state index in [1.165, 1.54) is 0 Å². The van der Waals surface area contributed by atoms with Gasteiger partial charge in [0.1, 0.15) is 0 Å². The van der Waals surface area contributed by atoms with Crippen LogP contribution in [0, 0.1) is 5.92 Å². The molecule has 2 aliphatic heterocycles. The molecular weight excluding hydrogens is 202 g/mol. The third kappa shape index (κ3) is 1.35. The van der Waals surface area contributed by atoms with E-state index in [0.717, 1.165) is 12.0 Å². The van der Waals surface area contributed by atoms with E-state index >= 15 is 0 Å². The fourth-order valence-corrected chi connectivity index (χ4v) is 2.67. The topological polar surface area (TPSA) is 29.5 Å². The van der Waals surface area contributed by atoms with Gasteiger partial charge in [0, 0.05) is 11.5 Å². The van der Waals surface area contributed by atoms with Gasteiger partial charge in [0.25, 0.3) is 0 Å². The molecule has 3 heteroatoms. The number of fused-ring (bicyclic) bond motifs is 1. The molecule has 0 aromatic heterocycles. The SMILES string of the molecule is C[C@@H]1C[C@@H]2COC(c3ccccc3)N2C1=O. The van der Waals surface area contributed by atoms with Crippen LogP contribution < -0.4 is 0 Å². The lowest BCUT2D eigenvalue weighted by Crippen LogP contribution is -2.31. The van der Waals surface area contributed by atoms with Gasteiger partial charge < -0.3 is 9.64 Å². The molecule has 16 heavy (non-hydrogen) atoms. The zero-order valence-corrected chi connectivity index (χ0v) is 9.30. The third-order valence-electron chi connectivity index (χ3n) is 3.48. The highest BCUT2D eigenvalue weighted by atomic mass is 16.5. The molecule has 1 unspecified atom stereocenters. The minimum Gasteiger partial charge on any atom is -0.352 e. The van der Waals surface area contributed by atoms with E-state index in [-0.39, 0.29) is 24.1 Å². The smallest absolute Gasteiger partial charge is 0.228 e. The molecule has 0 aliphatic carbocycles. The molecule has 1 aromatic carbocycles. The van der Waals surface area contributed by atoms with Crippen molar-refractivity contribution in [2.24, 2.45) is 5.92 Å². The van der Waals surface area contributed by atoms with Gasteiger partial charge >= 0.3 is 0 Å². The van der Waals surface area contributed by atoms with Crippen LogP contribution in [0.15, 0.2) is 30.3 Å². The summed E-state index contributed by atoms with van der Waals surface area (Å²) in [7, 11) is 0. The van der Waals surface area contributed by atoms with Crippen LogP contribution in [-0.4, -0.2) is 23.5 Å². The minimum atomic E-state index is -0.163. The highest BCUT2D eigenvalue weighted by molar-refractivity contribution is 5.81. The van der Waals surface area contributed by atoms with E-state index in [9.17, 15) is 4.79 Å². The van der Waals surface area contributed by atoms with Gasteiger partial charge in [-0.15, -0.1) is 0 Å². The molecule has 3 atom stereocenters. The highest BCUT2D eigenvalue weighted by Crippen LogP contribution is 2.39. The molecule has 2 fully saturated rings.